The van der Waals surface area contributed by atoms with Crippen LogP contribution in [0.3, 0.4) is 0 Å². The number of aromatic nitrogens is 5. The topological polar surface area (TPSA) is 161 Å². The number of nitrogens with zero attached hydrogens (tertiary/aromatic N) is 6. The zero-order valence-corrected chi connectivity index (χ0v) is 18.3. The predicted molar refractivity (Wildman–Crippen MR) is 125 cm³/mol. The second-order valence-corrected chi connectivity index (χ2v) is 8.27. The zero-order chi connectivity index (χ0) is 24.0. The maximum absolute atomic E-state index is 14.1. The maximum Gasteiger partial charge on any atom is 0.267 e. The predicted octanol–water partition coefficient (Wildman–Crippen LogP) is 2.96. The second kappa shape index (κ2) is 8.24. The van der Waals surface area contributed by atoms with Gasteiger partial charge in [0.25, 0.3) is 5.56 Å². The van der Waals surface area contributed by atoms with Crippen LogP contribution in [0, 0.1) is 23.1 Å². The number of nitrogen functional groups attached to an aromatic ring is 2. The number of halogens is 2. The first-order valence-electron chi connectivity index (χ1n) is 10.3. The first kappa shape index (κ1) is 21.5. The molecule has 1 aliphatic carbocycles. The first-order valence-corrected chi connectivity index (χ1v) is 10.7. The van der Waals surface area contributed by atoms with Crippen molar-refractivity contribution in [3.8, 4) is 11.8 Å². The van der Waals surface area contributed by atoms with Crippen molar-refractivity contribution in [1.82, 2.24) is 24.5 Å². The van der Waals surface area contributed by atoms with Crippen molar-refractivity contribution < 1.29 is 4.39 Å². The van der Waals surface area contributed by atoms with Crippen molar-refractivity contribution in [2.24, 2.45) is 5.92 Å². The number of hydrogen-bond acceptors (Lipinski definition) is 9. The lowest BCUT2D eigenvalue weighted by Crippen LogP contribution is -2.30. The van der Waals surface area contributed by atoms with E-state index in [1.54, 1.807) is 18.2 Å². The SMILES string of the molecule is N#Cc1c(N)nc(N)nc1N[C@H](c1nc2cccc(Cl)c2c(=O)n1-c1cncc(F)c1)C1CC1. The van der Waals surface area contributed by atoms with Gasteiger partial charge in [-0.2, -0.15) is 15.2 Å². The van der Waals surface area contributed by atoms with E-state index in [4.69, 9.17) is 28.1 Å². The van der Waals surface area contributed by atoms with Gasteiger partial charge in [-0.15, -0.1) is 0 Å². The molecule has 3 heterocycles. The van der Waals surface area contributed by atoms with Crippen LogP contribution in [0.1, 0.15) is 30.3 Å². The molecule has 0 bridgehead atoms. The molecule has 5 N–H and O–H groups in total. The van der Waals surface area contributed by atoms with Gasteiger partial charge in [0, 0.05) is 6.07 Å². The molecule has 0 unspecified atom stereocenters. The van der Waals surface area contributed by atoms with Crippen LogP contribution < -0.4 is 22.3 Å². The van der Waals surface area contributed by atoms with Crippen LogP contribution in [0.4, 0.5) is 22.0 Å². The standard InChI is InChI=1S/C22H17ClFN9O/c23-14-2-1-3-15-16(14)21(34)33(12-6-11(24)8-28-9-12)20(29-15)17(10-4-5-10)30-19-13(7-25)18(26)31-22(27)32-19/h1-3,6,8-10,17H,4-5H2,(H5,26,27,30,31,32)/t17-/m0/s1. The fourth-order valence-corrected chi connectivity index (χ4v) is 4.12. The van der Waals surface area contributed by atoms with E-state index >= 15 is 0 Å². The normalized spacial score (nSPS) is 14.0. The highest BCUT2D eigenvalue weighted by Gasteiger charge is 2.37. The second-order valence-electron chi connectivity index (χ2n) is 7.87. The van der Waals surface area contributed by atoms with E-state index in [0.717, 1.165) is 19.0 Å². The summed E-state index contributed by atoms with van der Waals surface area (Å²) in [6.45, 7) is 0. The molecular formula is C22H17ClFN9O. The third-order valence-corrected chi connectivity index (χ3v) is 5.87. The van der Waals surface area contributed by atoms with Crippen molar-refractivity contribution in [2.75, 3.05) is 16.8 Å². The smallest absolute Gasteiger partial charge is 0.267 e. The summed E-state index contributed by atoms with van der Waals surface area (Å²) < 4.78 is 15.4. The quantitative estimate of drug-likeness (QED) is 0.392. The summed E-state index contributed by atoms with van der Waals surface area (Å²) >= 11 is 6.32. The number of fused-ring (bicyclic) bond motifs is 1. The van der Waals surface area contributed by atoms with Gasteiger partial charge in [0.15, 0.2) is 5.82 Å². The average molecular weight is 478 g/mol. The number of benzene rings is 1. The van der Waals surface area contributed by atoms with Gasteiger partial charge in [-0.05, 0) is 30.9 Å². The molecule has 34 heavy (non-hydrogen) atoms. The third kappa shape index (κ3) is 3.74. The number of nitrogens with two attached hydrogens (primary N) is 2. The molecule has 10 nitrogen and oxygen atoms in total. The van der Waals surface area contributed by atoms with E-state index in [9.17, 15) is 14.4 Å². The first-order chi connectivity index (χ1) is 16.4. The molecule has 0 amide bonds. The highest BCUT2D eigenvalue weighted by Crippen LogP contribution is 2.43. The molecule has 1 saturated carbocycles. The highest BCUT2D eigenvalue weighted by molar-refractivity contribution is 6.35. The van der Waals surface area contributed by atoms with Crippen molar-refractivity contribution in [1.29, 1.82) is 5.26 Å². The molecule has 0 saturated heterocycles. The van der Waals surface area contributed by atoms with E-state index in [2.05, 4.69) is 20.3 Å². The Balaban J connectivity index is 1.77. The van der Waals surface area contributed by atoms with Gasteiger partial charge in [-0.3, -0.25) is 14.3 Å². The summed E-state index contributed by atoms with van der Waals surface area (Å²) in [5, 5.41) is 13.2. The number of anilines is 3. The average Bonchev–Trinajstić information content (AvgIpc) is 3.62. The summed E-state index contributed by atoms with van der Waals surface area (Å²) in [6, 6.07) is 7.53. The minimum Gasteiger partial charge on any atom is -0.382 e. The zero-order valence-electron chi connectivity index (χ0n) is 17.5. The summed E-state index contributed by atoms with van der Waals surface area (Å²) in [4.78, 5) is 30.3. The van der Waals surface area contributed by atoms with Crippen LogP contribution in [-0.4, -0.2) is 24.5 Å². The Morgan fingerprint density at radius 1 is 1.24 bits per heavy atom. The highest BCUT2D eigenvalue weighted by atomic mass is 35.5. The lowest BCUT2D eigenvalue weighted by Gasteiger charge is -2.23. The Kier molecular flexibility index (Phi) is 5.22. The van der Waals surface area contributed by atoms with Gasteiger partial charge in [0.05, 0.1) is 40.0 Å². The van der Waals surface area contributed by atoms with Crippen molar-refractivity contribution >= 4 is 40.1 Å². The van der Waals surface area contributed by atoms with E-state index in [1.807, 2.05) is 6.07 Å². The monoisotopic (exact) mass is 477 g/mol. The molecular weight excluding hydrogens is 461 g/mol. The fourth-order valence-electron chi connectivity index (χ4n) is 3.87. The minimum absolute atomic E-state index is 0.0185. The maximum atomic E-state index is 14.1. The molecule has 1 fully saturated rings. The Morgan fingerprint density at radius 3 is 2.74 bits per heavy atom. The fraction of sp³-hybridized carbons (Fsp3) is 0.182. The molecule has 1 aliphatic rings. The number of nitrogens with one attached hydrogen (secondary N) is 1. The molecule has 1 atom stereocenters. The van der Waals surface area contributed by atoms with Crippen LogP contribution in [-0.2, 0) is 0 Å². The van der Waals surface area contributed by atoms with Crippen molar-refractivity contribution in [2.45, 2.75) is 18.9 Å². The van der Waals surface area contributed by atoms with Crippen molar-refractivity contribution in [3.63, 3.8) is 0 Å². The molecule has 5 rings (SSSR count). The van der Waals surface area contributed by atoms with Gasteiger partial charge < -0.3 is 16.8 Å². The lowest BCUT2D eigenvalue weighted by atomic mass is 10.1. The van der Waals surface area contributed by atoms with Crippen molar-refractivity contribution in [3.05, 3.63) is 69.2 Å². The van der Waals surface area contributed by atoms with E-state index < -0.39 is 17.4 Å². The van der Waals surface area contributed by atoms with Gasteiger partial charge in [0.2, 0.25) is 5.95 Å². The molecule has 0 spiro atoms. The van der Waals surface area contributed by atoms with Crippen LogP contribution in [0.25, 0.3) is 16.6 Å². The van der Waals surface area contributed by atoms with Gasteiger partial charge in [-0.25, -0.2) is 9.37 Å². The summed E-state index contributed by atoms with van der Waals surface area (Å²) in [5.41, 5.74) is 11.7. The minimum atomic E-state index is -0.617. The third-order valence-electron chi connectivity index (χ3n) is 5.55. The van der Waals surface area contributed by atoms with Crippen LogP contribution in [0.15, 0.2) is 41.5 Å². The summed E-state index contributed by atoms with van der Waals surface area (Å²) in [6.07, 6.45) is 4.07. The Bertz CT molecular complexity index is 1540. The van der Waals surface area contributed by atoms with Gasteiger partial charge in [0.1, 0.15) is 29.1 Å². The molecule has 12 heteroatoms. The molecule has 170 valence electrons. The van der Waals surface area contributed by atoms with E-state index in [-0.39, 0.29) is 51.0 Å². The molecule has 3 aromatic heterocycles. The van der Waals surface area contributed by atoms with Crippen LogP contribution in [0.5, 0.6) is 0 Å². The number of hydrogen-bond donors (Lipinski definition) is 3. The van der Waals surface area contributed by atoms with Gasteiger partial charge in [-0.1, -0.05) is 17.7 Å². The largest absolute Gasteiger partial charge is 0.382 e. The number of pyridine rings is 1. The molecule has 4 aromatic rings. The Labute approximate surface area is 197 Å². The van der Waals surface area contributed by atoms with Crippen LogP contribution in [0.2, 0.25) is 5.02 Å². The summed E-state index contributed by atoms with van der Waals surface area (Å²) in [5.74, 6) is -0.340. The molecule has 0 radical (unpaired) electrons. The Hall–Kier alpha value is -4.30. The van der Waals surface area contributed by atoms with E-state index in [0.29, 0.717) is 5.52 Å². The number of nitriles is 1. The lowest BCUT2D eigenvalue weighted by molar-refractivity contribution is 0.600. The van der Waals surface area contributed by atoms with Crippen LogP contribution >= 0.6 is 11.6 Å². The van der Waals surface area contributed by atoms with Gasteiger partial charge >= 0.3 is 0 Å². The Morgan fingerprint density at radius 2 is 2.03 bits per heavy atom. The summed E-state index contributed by atoms with van der Waals surface area (Å²) in [7, 11) is 0. The molecule has 0 aliphatic heterocycles. The molecule has 1 aromatic carbocycles. The number of rotatable bonds is 5. The van der Waals surface area contributed by atoms with E-state index in [1.165, 1.54) is 16.8 Å².